The number of nitrogens with one attached hydrogen (secondary N) is 1. The van der Waals surface area contributed by atoms with E-state index in [-0.39, 0.29) is 23.1 Å². The molecule has 106 valence electrons. The number of nitrogens with zero attached hydrogens (tertiary/aromatic N) is 1. The molecular weight excluding hydrogens is 263 g/mol. The van der Waals surface area contributed by atoms with Crippen LogP contribution in [0.15, 0.2) is 47.9 Å². The minimum absolute atomic E-state index is 0.00483. The number of benzene rings is 1. The van der Waals surface area contributed by atoms with Crippen LogP contribution >= 0.6 is 0 Å². The van der Waals surface area contributed by atoms with Crippen LogP contribution < -0.4 is 16.8 Å². The van der Waals surface area contributed by atoms with Gasteiger partial charge in [0.25, 0.3) is 0 Å². The zero-order valence-corrected chi connectivity index (χ0v) is 10.8. The van der Waals surface area contributed by atoms with Gasteiger partial charge < -0.3 is 16.8 Å². The van der Waals surface area contributed by atoms with Crippen LogP contribution in [0.1, 0.15) is 18.4 Å². The summed E-state index contributed by atoms with van der Waals surface area (Å²) in [6.07, 6.45) is 2.61. The molecule has 2 atom stereocenters. The van der Waals surface area contributed by atoms with Crippen LogP contribution in [0.5, 0.6) is 0 Å². The molecule has 5 N–H and O–H groups in total. The van der Waals surface area contributed by atoms with Gasteiger partial charge in [-0.1, -0.05) is 19.1 Å². The van der Waals surface area contributed by atoms with Gasteiger partial charge in [-0.3, -0.25) is 10.1 Å². The third-order valence-electron chi connectivity index (χ3n) is 3.43. The van der Waals surface area contributed by atoms with Crippen molar-refractivity contribution in [3.8, 4) is 0 Å². The Kier molecular flexibility index (Phi) is 3.46. The Labute approximate surface area is 115 Å². The fourth-order valence-electron chi connectivity index (χ4n) is 2.08. The van der Waals surface area contributed by atoms with Gasteiger partial charge >= 0.3 is 5.70 Å². The van der Waals surface area contributed by atoms with E-state index in [1.165, 1.54) is 24.4 Å². The van der Waals surface area contributed by atoms with Crippen molar-refractivity contribution in [1.29, 1.82) is 0 Å². The molecule has 20 heavy (non-hydrogen) atoms. The standard InChI is InChI=1S/C13H15FN4O2/c1-8(9-2-4-10(14)5-3-9)13(16)6-11(15)12(7-17-13)18(19)20/h2-8,17H,15-16H2,1H3. The Bertz CT molecular complexity index is 597. The summed E-state index contributed by atoms with van der Waals surface area (Å²) in [6, 6.07) is 5.91. The highest BCUT2D eigenvalue weighted by atomic mass is 19.1. The lowest BCUT2D eigenvalue weighted by Gasteiger charge is -2.35. The smallest absolute Gasteiger partial charge is 0.307 e. The lowest BCUT2D eigenvalue weighted by Crippen LogP contribution is -2.55. The van der Waals surface area contributed by atoms with Crippen LogP contribution in [0.3, 0.4) is 0 Å². The van der Waals surface area contributed by atoms with Crippen molar-refractivity contribution in [3.63, 3.8) is 0 Å². The highest BCUT2D eigenvalue weighted by molar-refractivity contribution is 5.35. The van der Waals surface area contributed by atoms with Gasteiger partial charge in [-0.2, -0.15) is 0 Å². The van der Waals surface area contributed by atoms with Crippen molar-refractivity contribution >= 4 is 0 Å². The van der Waals surface area contributed by atoms with Gasteiger partial charge in [-0.15, -0.1) is 0 Å². The fraction of sp³-hybridized carbons (Fsp3) is 0.231. The summed E-state index contributed by atoms with van der Waals surface area (Å²) in [5.74, 6) is -0.597. The van der Waals surface area contributed by atoms with Gasteiger partial charge in [0.05, 0.1) is 11.1 Å². The highest BCUT2D eigenvalue weighted by Crippen LogP contribution is 2.29. The molecule has 7 heteroatoms. The van der Waals surface area contributed by atoms with E-state index in [1.807, 2.05) is 6.92 Å². The van der Waals surface area contributed by atoms with Gasteiger partial charge in [0.2, 0.25) is 0 Å². The van der Waals surface area contributed by atoms with E-state index in [0.717, 1.165) is 5.56 Å². The van der Waals surface area contributed by atoms with E-state index >= 15 is 0 Å². The van der Waals surface area contributed by atoms with Crippen LogP contribution in [0.25, 0.3) is 0 Å². The summed E-state index contributed by atoms with van der Waals surface area (Å²) in [5.41, 5.74) is 11.4. The van der Waals surface area contributed by atoms with Crippen molar-refractivity contribution in [2.75, 3.05) is 0 Å². The number of rotatable bonds is 3. The van der Waals surface area contributed by atoms with Crippen molar-refractivity contribution < 1.29 is 9.31 Å². The Morgan fingerprint density at radius 3 is 2.50 bits per heavy atom. The van der Waals surface area contributed by atoms with Crippen LogP contribution in [0.4, 0.5) is 4.39 Å². The lowest BCUT2D eigenvalue weighted by atomic mass is 9.86. The van der Waals surface area contributed by atoms with Crippen molar-refractivity contribution in [2.24, 2.45) is 11.5 Å². The monoisotopic (exact) mass is 278 g/mol. The Balaban J connectivity index is 2.29. The molecule has 6 nitrogen and oxygen atoms in total. The number of nitro groups is 1. The molecule has 0 saturated carbocycles. The van der Waals surface area contributed by atoms with Gasteiger partial charge in [0, 0.05) is 5.92 Å². The number of halogens is 1. The molecule has 0 radical (unpaired) electrons. The SMILES string of the molecule is CC(c1ccc(F)cc1)C1(N)C=C(N)C([N+](=O)[O-])=CN1. The van der Waals surface area contributed by atoms with Crippen molar-refractivity contribution in [2.45, 2.75) is 18.5 Å². The largest absolute Gasteiger partial charge is 0.393 e. The Hall–Kier alpha value is -2.41. The van der Waals surface area contributed by atoms with E-state index in [4.69, 9.17) is 11.5 Å². The summed E-state index contributed by atoms with van der Waals surface area (Å²) in [7, 11) is 0. The molecule has 1 aromatic rings. The molecule has 1 aliphatic rings. The first-order valence-corrected chi connectivity index (χ1v) is 5.99. The number of hydrogen-bond acceptors (Lipinski definition) is 5. The quantitative estimate of drug-likeness (QED) is 0.568. The van der Waals surface area contributed by atoms with Crippen LogP contribution in [-0.2, 0) is 0 Å². The Morgan fingerprint density at radius 1 is 1.40 bits per heavy atom. The molecule has 0 aromatic heterocycles. The first-order chi connectivity index (χ1) is 9.33. The minimum Gasteiger partial charge on any atom is -0.393 e. The normalized spacial score (nSPS) is 23.4. The van der Waals surface area contributed by atoms with Gasteiger partial charge in [-0.25, -0.2) is 4.39 Å². The van der Waals surface area contributed by atoms with Crippen LogP contribution in [0, 0.1) is 15.9 Å². The summed E-state index contributed by atoms with van der Waals surface area (Å²) in [6.45, 7) is 1.83. The first-order valence-electron chi connectivity index (χ1n) is 5.99. The zero-order valence-electron chi connectivity index (χ0n) is 10.8. The van der Waals surface area contributed by atoms with Crippen molar-refractivity contribution in [1.82, 2.24) is 5.32 Å². The predicted molar refractivity (Wildman–Crippen MR) is 72.2 cm³/mol. The molecule has 0 bridgehead atoms. The first kappa shape index (κ1) is 14.0. The average Bonchev–Trinajstić information content (AvgIpc) is 2.38. The topological polar surface area (TPSA) is 107 Å². The molecule has 0 fully saturated rings. The Morgan fingerprint density at radius 2 is 2.00 bits per heavy atom. The second-order valence-corrected chi connectivity index (χ2v) is 4.74. The van der Waals surface area contributed by atoms with Gasteiger partial charge in [0.15, 0.2) is 0 Å². The summed E-state index contributed by atoms with van der Waals surface area (Å²) >= 11 is 0. The molecular formula is C13H15FN4O2. The van der Waals surface area contributed by atoms with E-state index in [0.29, 0.717) is 0 Å². The molecule has 1 aromatic carbocycles. The summed E-state index contributed by atoms with van der Waals surface area (Å²) < 4.78 is 12.9. The molecule has 0 saturated heterocycles. The van der Waals surface area contributed by atoms with Crippen LogP contribution in [-0.4, -0.2) is 10.6 Å². The molecule has 1 aliphatic heterocycles. The third kappa shape index (κ3) is 2.48. The van der Waals surface area contributed by atoms with Gasteiger partial charge in [-0.05, 0) is 23.8 Å². The molecule has 0 amide bonds. The lowest BCUT2D eigenvalue weighted by molar-refractivity contribution is -0.421. The molecule has 0 aliphatic carbocycles. The maximum atomic E-state index is 12.9. The predicted octanol–water partition coefficient (Wildman–Crippen LogP) is 1.15. The highest BCUT2D eigenvalue weighted by Gasteiger charge is 2.35. The zero-order chi connectivity index (χ0) is 14.9. The molecule has 1 heterocycles. The molecule has 2 unspecified atom stereocenters. The van der Waals surface area contributed by atoms with E-state index in [1.54, 1.807) is 12.1 Å². The maximum absolute atomic E-state index is 12.9. The summed E-state index contributed by atoms with van der Waals surface area (Å²) in [4.78, 5) is 10.2. The van der Waals surface area contributed by atoms with Crippen LogP contribution in [0.2, 0.25) is 0 Å². The van der Waals surface area contributed by atoms with Crippen molar-refractivity contribution in [3.05, 3.63) is 69.4 Å². The summed E-state index contributed by atoms with van der Waals surface area (Å²) in [5, 5.41) is 13.5. The minimum atomic E-state index is -1.07. The second-order valence-electron chi connectivity index (χ2n) is 4.74. The van der Waals surface area contributed by atoms with E-state index < -0.39 is 10.6 Å². The average molecular weight is 278 g/mol. The second kappa shape index (κ2) is 4.93. The number of hydrogen-bond donors (Lipinski definition) is 3. The molecule has 2 rings (SSSR count). The molecule has 0 spiro atoms. The number of dihydropyridines is 1. The third-order valence-corrected chi connectivity index (χ3v) is 3.43. The van der Waals surface area contributed by atoms with Gasteiger partial charge in [0.1, 0.15) is 17.2 Å². The fourth-order valence-corrected chi connectivity index (χ4v) is 2.08. The number of nitrogens with two attached hydrogens (primary N) is 2. The van der Waals surface area contributed by atoms with E-state index in [2.05, 4.69) is 5.32 Å². The maximum Gasteiger partial charge on any atom is 0.307 e. The van der Waals surface area contributed by atoms with E-state index in [9.17, 15) is 14.5 Å².